The van der Waals surface area contributed by atoms with Crippen molar-refractivity contribution in [1.82, 2.24) is 4.31 Å². The van der Waals surface area contributed by atoms with E-state index in [4.69, 9.17) is 10.5 Å². The normalized spacial score (nSPS) is 15.6. The maximum Gasteiger partial charge on any atom is 0.246 e. The zero-order valence-electron chi connectivity index (χ0n) is 13.2. The molecule has 0 atom stereocenters. The number of hydrogen-bond acceptors (Lipinski definition) is 5. The molecular formula is C15H23N3O4S. The van der Waals surface area contributed by atoms with E-state index >= 15 is 0 Å². The van der Waals surface area contributed by atoms with Crippen molar-refractivity contribution in [3.63, 3.8) is 0 Å². The van der Waals surface area contributed by atoms with Crippen LogP contribution in [0.4, 0.5) is 5.69 Å². The summed E-state index contributed by atoms with van der Waals surface area (Å²) in [4.78, 5) is 11.7. The van der Waals surface area contributed by atoms with Crippen molar-refractivity contribution in [2.75, 3.05) is 31.6 Å². The van der Waals surface area contributed by atoms with Crippen molar-refractivity contribution in [3.05, 3.63) is 18.2 Å². The number of carbonyl (C=O) groups excluding carboxylic acids is 1. The average molecular weight is 341 g/mol. The highest BCUT2D eigenvalue weighted by atomic mass is 32.2. The molecule has 1 heterocycles. The summed E-state index contributed by atoms with van der Waals surface area (Å²) in [5, 5.41) is 2.66. The molecule has 0 spiro atoms. The van der Waals surface area contributed by atoms with Gasteiger partial charge in [0.05, 0.1) is 6.61 Å². The van der Waals surface area contributed by atoms with Gasteiger partial charge < -0.3 is 15.8 Å². The molecule has 1 fully saturated rings. The molecule has 0 saturated carbocycles. The van der Waals surface area contributed by atoms with Crippen LogP contribution < -0.4 is 15.8 Å². The zero-order valence-corrected chi connectivity index (χ0v) is 14.1. The topological polar surface area (TPSA) is 102 Å². The first kappa shape index (κ1) is 17.7. The van der Waals surface area contributed by atoms with E-state index < -0.39 is 10.0 Å². The number of nitrogens with zero attached hydrogens (tertiary/aromatic N) is 1. The predicted octanol–water partition coefficient (Wildman–Crippen LogP) is 1.16. The molecule has 0 aromatic heterocycles. The van der Waals surface area contributed by atoms with Crippen LogP contribution in [0.2, 0.25) is 0 Å². The Morgan fingerprint density at radius 1 is 1.35 bits per heavy atom. The van der Waals surface area contributed by atoms with Gasteiger partial charge in [0.25, 0.3) is 0 Å². The number of nitrogens with one attached hydrogen (secondary N) is 1. The van der Waals surface area contributed by atoms with Crippen LogP contribution in [0.3, 0.4) is 0 Å². The van der Waals surface area contributed by atoms with Gasteiger partial charge >= 0.3 is 0 Å². The lowest BCUT2D eigenvalue weighted by molar-refractivity contribution is -0.116. The van der Waals surface area contributed by atoms with Crippen molar-refractivity contribution < 1.29 is 17.9 Å². The fourth-order valence-electron chi connectivity index (χ4n) is 2.48. The molecule has 1 saturated heterocycles. The molecule has 128 valence electrons. The highest BCUT2D eigenvalue weighted by Crippen LogP contribution is 2.31. The fraction of sp³-hybridized carbons (Fsp3) is 0.533. The van der Waals surface area contributed by atoms with Crippen molar-refractivity contribution in [3.8, 4) is 5.75 Å². The van der Waals surface area contributed by atoms with Gasteiger partial charge in [-0.25, -0.2) is 8.42 Å². The van der Waals surface area contributed by atoms with Gasteiger partial charge in [0.15, 0.2) is 0 Å². The first-order valence-electron chi connectivity index (χ1n) is 7.76. The number of amides is 1. The van der Waals surface area contributed by atoms with Gasteiger partial charge in [0.1, 0.15) is 10.6 Å². The fourth-order valence-corrected chi connectivity index (χ4v) is 4.16. The maximum absolute atomic E-state index is 12.8. The van der Waals surface area contributed by atoms with Crippen molar-refractivity contribution in [2.24, 2.45) is 5.73 Å². The molecule has 3 N–H and O–H groups in total. The Bertz CT molecular complexity index is 655. The lowest BCUT2D eigenvalue weighted by Crippen LogP contribution is -2.28. The minimum Gasteiger partial charge on any atom is -0.492 e. The summed E-state index contributed by atoms with van der Waals surface area (Å²) in [5.74, 6) is 0.0532. The number of hydrogen-bond donors (Lipinski definition) is 2. The Kier molecular flexibility index (Phi) is 5.97. The van der Waals surface area contributed by atoms with Crippen LogP contribution in [0.15, 0.2) is 23.1 Å². The quantitative estimate of drug-likeness (QED) is 0.775. The second-order valence-electron chi connectivity index (χ2n) is 5.29. The van der Waals surface area contributed by atoms with E-state index in [1.807, 2.05) is 0 Å². The molecule has 7 nitrogen and oxygen atoms in total. The summed E-state index contributed by atoms with van der Waals surface area (Å²) < 4.78 is 32.5. The van der Waals surface area contributed by atoms with Crippen molar-refractivity contribution in [2.45, 2.75) is 31.1 Å². The molecule has 0 bridgehead atoms. The molecule has 1 aromatic carbocycles. The zero-order chi connectivity index (χ0) is 16.9. The van der Waals surface area contributed by atoms with Gasteiger partial charge in [0.2, 0.25) is 15.9 Å². The van der Waals surface area contributed by atoms with Gasteiger partial charge in [-0.15, -0.1) is 0 Å². The van der Waals surface area contributed by atoms with Gasteiger partial charge in [0, 0.05) is 31.7 Å². The average Bonchev–Trinajstić information content (AvgIpc) is 3.04. The monoisotopic (exact) mass is 341 g/mol. The van der Waals surface area contributed by atoms with Crippen molar-refractivity contribution >= 4 is 21.6 Å². The van der Waals surface area contributed by atoms with Crippen LogP contribution in [0.5, 0.6) is 5.75 Å². The Morgan fingerprint density at radius 3 is 2.65 bits per heavy atom. The first-order valence-corrected chi connectivity index (χ1v) is 9.20. The van der Waals surface area contributed by atoms with E-state index in [1.165, 1.54) is 10.4 Å². The lowest BCUT2D eigenvalue weighted by Gasteiger charge is -2.19. The van der Waals surface area contributed by atoms with Crippen LogP contribution in [0, 0.1) is 0 Å². The Morgan fingerprint density at radius 2 is 2.04 bits per heavy atom. The molecule has 1 amide bonds. The van der Waals surface area contributed by atoms with Gasteiger partial charge in [-0.3, -0.25) is 4.79 Å². The highest BCUT2D eigenvalue weighted by Gasteiger charge is 2.30. The van der Waals surface area contributed by atoms with Crippen molar-refractivity contribution in [1.29, 1.82) is 0 Å². The molecular weight excluding hydrogens is 318 g/mol. The number of benzene rings is 1. The summed E-state index contributed by atoms with van der Waals surface area (Å²) in [5.41, 5.74) is 5.77. The molecule has 0 unspecified atom stereocenters. The summed E-state index contributed by atoms with van der Waals surface area (Å²) in [7, 11) is -3.63. The molecule has 1 aromatic rings. The van der Waals surface area contributed by atoms with Crippen LogP contribution >= 0.6 is 0 Å². The molecule has 23 heavy (non-hydrogen) atoms. The van der Waals surface area contributed by atoms with Crippen LogP contribution in [0.25, 0.3) is 0 Å². The smallest absolute Gasteiger partial charge is 0.246 e. The lowest BCUT2D eigenvalue weighted by atomic mass is 10.3. The Labute approximate surface area is 136 Å². The Balaban J connectivity index is 2.35. The van der Waals surface area contributed by atoms with Gasteiger partial charge in [-0.05, 0) is 38.0 Å². The summed E-state index contributed by atoms with van der Waals surface area (Å²) in [6, 6.07) is 4.65. The number of anilines is 1. The van der Waals surface area contributed by atoms with E-state index in [9.17, 15) is 13.2 Å². The third-order valence-electron chi connectivity index (χ3n) is 3.58. The first-order chi connectivity index (χ1) is 11.0. The predicted molar refractivity (Wildman–Crippen MR) is 87.9 cm³/mol. The summed E-state index contributed by atoms with van der Waals surface area (Å²) >= 11 is 0. The SMILES string of the molecule is CCOc1ccc(NC(=O)CCN)cc1S(=O)(=O)N1CCCC1. The number of carbonyl (C=O) groups is 1. The minimum atomic E-state index is -3.63. The molecule has 2 rings (SSSR count). The van der Waals surface area contributed by atoms with Gasteiger partial charge in [-0.2, -0.15) is 4.31 Å². The molecule has 8 heteroatoms. The number of nitrogens with two attached hydrogens (primary N) is 1. The third kappa shape index (κ3) is 4.21. The number of sulfonamides is 1. The molecule has 1 aliphatic rings. The second kappa shape index (κ2) is 7.76. The standard InChI is InChI=1S/C15H23N3O4S/c1-2-22-13-6-5-12(17-15(19)7-8-16)11-14(13)23(20,21)18-9-3-4-10-18/h5-6,11H,2-4,7-10,16H2,1H3,(H,17,19). The number of rotatable bonds is 7. The van der Waals surface area contributed by atoms with Crippen LogP contribution in [-0.4, -0.2) is 44.9 Å². The van der Waals surface area contributed by atoms with E-state index in [0.717, 1.165) is 12.8 Å². The molecule has 0 radical (unpaired) electrons. The van der Waals surface area contributed by atoms with E-state index in [-0.39, 0.29) is 23.8 Å². The second-order valence-corrected chi connectivity index (χ2v) is 7.20. The largest absolute Gasteiger partial charge is 0.492 e. The van der Waals surface area contributed by atoms with E-state index in [1.54, 1.807) is 19.1 Å². The Hall–Kier alpha value is -1.64. The maximum atomic E-state index is 12.8. The van der Waals surface area contributed by atoms with Gasteiger partial charge in [-0.1, -0.05) is 0 Å². The third-order valence-corrected chi connectivity index (χ3v) is 5.50. The molecule has 0 aliphatic carbocycles. The van der Waals surface area contributed by atoms with Crippen LogP contribution in [-0.2, 0) is 14.8 Å². The highest BCUT2D eigenvalue weighted by molar-refractivity contribution is 7.89. The summed E-state index contributed by atoms with van der Waals surface area (Å²) in [6.07, 6.45) is 1.90. The van der Waals surface area contributed by atoms with Crippen LogP contribution in [0.1, 0.15) is 26.2 Å². The van der Waals surface area contributed by atoms with E-state index in [2.05, 4.69) is 5.32 Å². The minimum absolute atomic E-state index is 0.0896. The molecule has 1 aliphatic heterocycles. The summed E-state index contributed by atoms with van der Waals surface area (Å²) in [6.45, 7) is 3.42. The number of ether oxygens (including phenoxy) is 1. The van der Waals surface area contributed by atoms with E-state index in [0.29, 0.717) is 31.1 Å².